The van der Waals surface area contributed by atoms with Crippen LogP contribution in [0.25, 0.3) is 21.7 Å². The Balaban J connectivity index is 1.60. The molecule has 126 valence electrons. The SMILES string of the molecule is CN(C)c1cccc(-c2nnc(Cc3nc4c(F)cccc4s3)o2)c1. The van der Waals surface area contributed by atoms with Gasteiger partial charge in [-0.25, -0.2) is 9.37 Å². The standard InChI is InChI=1S/C18H15FN4OS/c1-23(2)12-6-3-5-11(9-12)18-22-21-15(24-18)10-16-20-17-13(19)7-4-8-14(17)25-16/h3-9H,10H2,1-2H3. The maximum absolute atomic E-state index is 13.8. The van der Waals surface area contributed by atoms with Crippen molar-refractivity contribution in [1.29, 1.82) is 0 Å². The summed E-state index contributed by atoms with van der Waals surface area (Å²) in [5.41, 5.74) is 2.31. The number of hydrogen-bond donors (Lipinski definition) is 0. The molecule has 2 aromatic heterocycles. The van der Waals surface area contributed by atoms with E-state index in [4.69, 9.17) is 4.42 Å². The molecular weight excluding hydrogens is 339 g/mol. The molecule has 4 aromatic rings. The Morgan fingerprint density at radius 2 is 1.96 bits per heavy atom. The normalized spacial score (nSPS) is 11.2. The van der Waals surface area contributed by atoms with Gasteiger partial charge >= 0.3 is 0 Å². The van der Waals surface area contributed by atoms with Gasteiger partial charge in [-0.05, 0) is 30.3 Å². The van der Waals surface area contributed by atoms with Gasteiger partial charge in [0.2, 0.25) is 11.8 Å². The van der Waals surface area contributed by atoms with Crippen LogP contribution in [0.2, 0.25) is 0 Å². The molecule has 0 saturated carbocycles. The van der Waals surface area contributed by atoms with Crippen LogP contribution in [0.5, 0.6) is 0 Å². The molecule has 5 nitrogen and oxygen atoms in total. The summed E-state index contributed by atoms with van der Waals surface area (Å²) in [7, 11) is 3.95. The highest BCUT2D eigenvalue weighted by molar-refractivity contribution is 7.18. The number of rotatable bonds is 4. The predicted octanol–water partition coefficient (Wildman–Crippen LogP) is 4.14. The maximum atomic E-state index is 13.8. The second-order valence-electron chi connectivity index (χ2n) is 5.82. The van der Waals surface area contributed by atoms with Gasteiger partial charge in [0, 0.05) is 25.3 Å². The maximum Gasteiger partial charge on any atom is 0.247 e. The molecule has 0 spiro atoms. The lowest BCUT2D eigenvalue weighted by Gasteiger charge is -2.12. The van der Waals surface area contributed by atoms with Gasteiger partial charge in [0.05, 0.1) is 11.1 Å². The van der Waals surface area contributed by atoms with E-state index in [2.05, 4.69) is 15.2 Å². The highest BCUT2D eigenvalue weighted by atomic mass is 32.1. The summed E-state index contributed by atoms with van der Waals surface area (Å²) >= 11 is 1.43. The van der Waals surface area contributed by atoms with Gasteiger partial charge in [0.25, 0.3) is 0 Å². The molecule has 2 aromatic carbocycles. The van der Waals surface area contributed by atoms with Crippen molar-refractivity contribution in [2.45, 2.75) is 6.42 Å². The molecule has 2 heterocycles. The van der Waals surface area contributed by atoms with Gasteiger partial charge in [-0.2, -0.15) is 0 Å². The van der Waals surface area contributed by atoms with Gasteiger partial charge in [0.15, 0.2) is 0 Å². The first kappa shape index (κ1) is 15.7. The van der Waals surface area contributed by atoms with Crippen molar-refractivity contribution in [3.8, 4) is 11.5 Å². The molecule has 25 heavy (non-hydrogen) atoms. The van der Waals surface area contributed by atoms with Crippen LogP contribution in [0.3, 0.4) is 0 Å². The lowest BCUT2D eigenvalue weighted by Crippen LogP contribution is -2.08. The van der Waals surface area contributed by atoms with E-state index in [1.165, 1.54) is 17.4 Å². The number of anilines is 1. The average molecular weight is 354 g/mol. The first-order valence-corrected chi connectivity index (χ1v) is 8.56. The van der Waals surface area contributed by atoms with E-state index < -0.39 is 0 Å². The van der Waals surface area contributed by atoms with E-state index in [-0.39, 0.29) is 5.82 Å². The summed E-state index contributed by atoms with van der Waals surface area (Å²) in [4.78, 5) is 6.35. The van der Waals surface area contributed by atoms with Crippen LogP contribution in [-0.2, 0) is 6.42 Å². The summed E-state index contributed by atoms with van der Waals surface area (Å²) in [5.74, 6) is 0.613. The fraction of sp³-hybridized carbons (Fsp3) is 0.167. The number of benzene rings is 2. The number of halogens is 1. The second kappa shape index (κ2) is 6.25. The third kappa shape index (κ3) is 3.10. The average Bonchev–Trinajstić information content (AvgIpc) is 3.23. The summed E-state index contributed by atoms with van der Waals surface area (Å²) in [5, 5.41) is 8.97. The Labute approximate surface area is 147 Å². The predicted molar refractivity (Wildman–Crippen MR) is 96.4 cm³/mol. The minimum Gasteiger partial charge on any atom is -0.420 e. The smallest absolute Gasteiger partial charge is 0.247 e. The molecule has 0 amide bonds. The van der Waals surface area contributed by atoms with E-state index in [1.807, 2.05) is 49.3 Å². The Kier molecular flexibility index (Phi) is 3.93. The minimum absolute atomic E-state index is 0.313. The molecule has 0 saturated heterocycles. The second-order valence-corrected chi connectivity index (χ2v) is 6.93. The monoisotopic (exact) mass is 354 g/mol. The third-order valence-corrected chi connectivity index (χ3v) is 4.81. The Morgan fingerprint density at radius 3 is 2.76 bits per heavy atom. The number of fused-ring (bicyclic) bond motifs is 1. The molecular formula is C18H15FN4OS. The van der Waals surface area contributed by atoms with Crippen LogP contribution in [0.1, 0.15) is 10.9 Å². The number of nitrogens with zero attached hydrogens (tertiary/aromatic N) is 4. The van der Waals surface area contributed by atoms with Crippen LogP contribution in [0, 0.1) is 5.82 Å². The Morgan fingerprint density at radius 1 is 1.12 bits per heavy atom. The highest BCUT2D eigenvalue weighted by Gasteiger charge is 2.14. The van der Waals surface area contributed by atoms with Crippen LogP contribution >= 0.6 is 11.3 Å². The van der Waals surface area contributed by atoms with E-state index in [1.54, 1.807) is 6.07 Å². The number of aromatic nitrogens is 3. The van der Waals surface area contributed by atoms with Crippen molar-refractivity contribution in [3.63, 3.8) is 0 Å². The van der Waals surface area contributed by atoms with Gasteiger partial charge in [-0.3, -0.25) is 0 Å². The molecule has 0 radical (unpaired) electrons. The molecule has 0 N–H and O–H groups in total. The first-order chi connectivity index (χ1) is 12.1. The molecule has 0 aliphatic carbocycles. The zero-order valence-corrected chi connectivity index (χ0v) is 14.5. The number of para-hydroxylation sites is 1. The lowest BCUT2D eigenvalue weighted by atomic mass is 10.2. The zero-order chi connectivity index (χ0) is 17.4. The van der Waals surface area contributed by atoms with Gasteiger partial charge in [-0.1, -0.05) is 12.1 Å². The van der Waals surface area contributed by atoms with Crippen LogP contribution in [-0.4, -0.2) is 29.3 Å². The molecule has 7 heteroatoms. The molecule has 0 atom stereocenters. The van der Waals surface area contributed by atoms with Crippen LogP contribution in [0.15, 0.2) is 46.9 Å². The summed E-state index contributed by atoms with van der Waals surface area (Å²) < 4.78 is 20.3. The van der Waals surface area contributed by atoms with Gasteiger partial charge in [0.1, 0.15) is 16.3 Å². The Hall–Kier alpha value is -2.80. The molecule has 0 unspecified atom stereocenters. The summed E-state index contributed by atoms with van der Waals surface area (Å²) in [6, 6.07) is 12.8. The number of hydrogen-bond acceptors (Lipinski definition) is 6. The van der Waals surface area contributed by atoms with Crippen molar-refractivity contribution in [2.24, 2.45) is 0 Å². The molecule has 0 aliphatic rings. The molecule has 0 aliphatic heterocycles. The fourth-order valence-corrected chi connectivity index (χ4v) is 3.50. The van der Waals surface area contributed by atoms with Crippen molar-refractivity contribution in [1.82, 2.24) is 15.2 Å². The zero-order valence-electron chi connectivity index (χ0n) is 13.7. The lowest BCUT2D eigenvalue weighted by molar-refractivity contribution is 0.517. The van der Waals surface area contributed by atoms with Crippen molar-refractivity contribution < 1.29 is 8.81 Å². The molecule has 0 bridgehead atoms. The quantitative estimate of drug-likeness (QED) is 0.551. The van der Waals surface area contributed by atoms with E-state index in [9.17, 15) is 4.39 Å². The van der Waals surface area contributed by atoms with Crippen LogP contribution < -0.4 is 4.90 Å². The van der Waals surface area contributed by atoms with E-state index >= 15 is 0 Å². The fourth-order valence-electron chi connectivity index (χ4n) is 2.52. The summed E-state index contributed by atoms with van der Waals surface area (Å²) in [6.07, 6.45) is 0.388. The molecule has 0 fully saturated rings. The topological polar surface area (TPSA) is 55.1 Å². The van der Waals surface area contributed by atoms with Crippen molar-refractivity contribution >= 4 is 27.2 Å². The van der Waals surface area contributed by atoms with Crippen molar-refractivity contribution in [3.05, 3.63) is 59.2 Å². The largest absolute Gasteiger partial charge is 0.420 e. The summed E-state index contributed by atoms with van der Waals surface area (Å²) in [6.45, 7) is 0. The van der Waals surface area contributed by atoms with E-state index in [0.29, 0.717) is 23.7 Å². The number of thiazole rings is 1. The first-order valence-electron chi connectivity index (χ1n) is 7.74. The minimum atomic E-state index is -0.313. The van der Waals surface area contributed by atoms with Crippen LogP contribution in [0.4, 0.5) is 10.1 Å². The van der Waals surface area contributed by atoms with E-state index in [0.717, 1.165) is 21.0 Å². The Bertz CT molecular complexity index is 1040. The molecule has 4 rings (SSSR count). The van der Waals surface area contributed by atoms with Gasteiger partial charge < -0.3 is 9.32 Å². The highest BCUT2D eigenvalue weighted by Crippen LogP contribution is 2.27. The van der Waals surface area contributed by atoms with Gasteiger partial charge in [-0.15, -0.1) is 21.5 Å². The van der Waals surface area contributed by atoms with Crippen molar-refractivity contribution in [2.75, 3.05) is 19.0 Å². The third-order valence-electron chi connectivity index (χ3n) is 3.79.